The third-order valence-electron chi connectivity index (χ3n) is 7.64. The Morgan fingerprint density at radius 3 is 2.73 bits per heavy atom. The molecule has 2 aromatic rings. The first-order chi connectivity index (χ1) is 15.7. The quantitative estimate of drug-likeness (QED) is 0.342. The van der Waals surface area contributed by atoms with Crippen LogP contribution in [0.5, 0.6) is 11.5 Å². The van der Waals surface area contributed by atoms with E-state index in [1.165, 1.54) is 31.2 Å². The van der Waals surface area contributed by atoms with Crippen molar-refractivity contribution in [2.24, 2.45) is 10.9 Å². The molecule has 0 bridgehead atoms. The second kappa shape index (κ2) is 10.5. The van der Waals surface area contributed by atoms with E-state index in [-0.39, 0.29) is 29.4 Å². The molecule has 1 aromatic heterocycles. The van der Waals surface area contributed by atoms with E-state index in [1.54, 1.807) is 0 Å². The summed E-state index contributed by atoms with van der Waals surface area (Å²) in [6.45, 7) is 6.47. The van der Waals surface area contributed by atoms with E-state index >= 15 is 0 Å². The number of rotatable bonds is 4. The monoisotopic (exact) mass is 565 g/mol. The van der Waals surface area contributed by atoms with E-state index in [4.69, 9.17) is 9.47 Å². The van der Waals surface area contributed by atoms with Crippen molar-refractivity contribution in [1.29, 1.82) is 0 Å². The highest BCUT2D eigenvalue weighted by atomic mass is 127. The van der Waals surface area contributed by atoms with Gasteiger partial charge in [-0.25, -0.2) is 4.98 Å². The first-order valence-electron chi connectivity index (χ1n) is 12.0. The van der Waals surface area contributed by atoms with Gasteiger partial charge >= 0.3 is 0 Å². The Morgan fingerprint density at radius 1 is 1.21 bits per heavy atom. The van der Waals surface area contributed by atoms with Crippen molar-refractivity contribution in [3.8, 4) is 11.5 Å². The molecule has 1 saturated heterocycles. The average molecular weight is 566 g/mol. The van der Waals surface area contributed by atoms with Gasteiger partial charge in [0.25, 0.3) is 0 Å². The van der Waals surface area contributed by atoms with Crippen LogP contribution in [0.1, 0.15) is 50.6 Å². The fourth-order valence-corrected chi connectivity index (χ4v) is 5.67. The van der Waals surface area contributed by atoms with Gasteiger partial charge in [0, 0.05) is 44.5 Å². The number of piperidine rings is 1. The van der Waals surface area contributed by atoms with Crippen molar-refractivity contribution in [3.63, 3.8) is 0 Å². The van der Waals surface area contributed by atoms with E-state index < -0.39 is 0 Å². The number of benzene rings is 1. The molecule has 2 unspecified atom stereocenters. The Kier molecular flexibility index (Phi) is 7.71. The zero-order valence-corrected chi connectivity index (χ0v) is 22.0. The van der Waals surface area contributed by atoms with Crippen LogP contribution in [-0.2, 0) is 5.41 Å². The third kappa shape index (κ3) is 4.95. The van der Waals surface area contributed by atoms with Crippen LogP contribution in [0, 0.1) is 5.92 Å². The van der Waals surface area contributed by atoms with Crippen LogP contribution in [0.4, 0.5) is 0 Å². The SMILES string of the molecule is CN=C(NCC1(c2ccc3c(c2)OCCO3)CCCC1)N1CCC(C)C(n2ccnc2)C1.I. The summed E-state index contributed by atoms with van der Waals surface area (Å²) in [7, 11) is 1.90. The lowest BCUT2D eigenvalue weighted by molar-refractivity contribution is 0.171. The van der Waals surface area contributed by atoms with Gasteiger partial charge in [0.1, 0.15) is 13.2 Å². The Morgan fingerprint density at radius 2 is 2.00 bits per heavy atom. The highest BCUT2D eigenvalue weighted by molar-refractivity contribution is 14.0. The lowest BCUT2D eigenvalue weighted by Crippen LogP contribution is -2.51. The molecule has 8 heteroatoms. The highest BCUT2D eigenvalue weighted by Gasteiger charge is 2.37. The second-order valence-electron chi connectivity index (χ2n) is 9.54. The maximum absolute atomic E-state index is 5.88. The summed E-state index contributed by atoms with van der Waals surface area (Å²) in [4.78, 5) is 11.3. The molecule has 2 fully saturated rings. The maximum atomic E-state index is 5.88. The van der Waals surface area contributed by atoms with Crippen LogP contribution in [0.15, 0.2) is 41.9 Å². The normalized spacial score (nSPS) is 24.3. The Bertz CT molecular complexity index is 942. The van der Waals surface area contributed by atoms with Gasteiger partial charge in [-0.3, -0.25) is 4.99 Å². The van der Waals surface area contributed by atoms with Crippen molar-refractivity contribution in [2.45, 2.75) is 50.5 Å². The highest BCUT2D eigenvalue weighted by Crippen LogP contribution is 2.44. The van der Waals surface area contributed by atoms with E-state index in [1.807, 2.05) is 19.6 Å². The van der Waals surface area contributed by atoms with Gasteiger partial charge < -0.3 is 24.3 Å². The summed E-state index contributed by atoms with van der Waals surface area (Å²) in [5.41, 5.74) is 1.46. The summed E-state index contributed by atoms with van der Waals surface area (Å²) in [6.07, 6.45) is 11.9. The number of imidazole rings is 1. The number of guanidine groups is 1. The van der Waals surface area contributed by atoms with Crippen LogP contribution >= 0.6 is 24.0 Å². The van der Waals surface area contributed by atoms with Crippen LogP contribution < -0.4 is 14.8 Å². The smallest absolute Gasteiger partial charge is 0.193 e. The lowest BCUT2D eigenvalue weighted by atomic mass is 9.78. The molecule has 3 aliphatic rings. The van der Waals surface area contributed by atoms with Crippen molar-refractivity contribution in [2.75, 3.05) is 39.9 Å². The topological polar surface area (TPSA) is 63.9 Å². The summed E-state index contributed by atoms with van der Waals surface area (Å²) in [5.74, 6) is 3.38. The zero-order valence-electron chi connectivity index (χ0n) is 19.7. The van der Waals surface area contributed by atoms with Crippen LogP contribution in [0.2, 0.25) is 0 Å². The molecule has 2 atom stereocenters. The van der Waals surface area contributed by atoms with Crippen molar-refractivity contribution in [1.82, 2.24) is 19.8 Å². The van der Waals surface area contributed by atoms with Gasteiger partial charge in [-0.2, -0.15) is 0 Å². The van der Waals surface area contributed by atoms with E-state index in [2.05, 4.69) is 56.1 Å². The van der Waals surface area contributed by atoms with Crippen molar-refractivity contribution >= 4 is 29.9 Å². The molecule has 1 aliphatic carbocycles. The van der Waals surface area contributed by atoms with Gasteiger partial charge in [0.2, 0.25) is 0 Å². The Labute approximate surface area is 214 Å². The van der Waals surface area contributed by atoms with Crippen LogP contribution in [0.3, 0.4) is 0 Å². The lowest BCUT2D eigenvalue weighted by Gasteiger charge is -2.40. The Hall–Kier alpha value is -1.97. The van der Waals surface area contributed by atoms with Crippen molar-refractivity contribution in [3.05, 3.63) is 42.5 Å². The van der Waals surface area contributed by atoms with Gasteiger partial charge in [0.05, 0.1) is 12.4 Å². The van der Waals surface area contributed by atoms with E-state index in [0.29, 0.717) is 25.2 Å². The van der Waals surface area contributed by atoms with E-state index in [9.17, 15) is 0 Å². The van der Waals surface area contributed by atoms with Gasteiger partial charge in [-0.05, 0) is 42.9 Å². The molecule has 2 aliphatic heterocycles. The number of aliphatic imine (C=N–C) groups is 1. The molecule has 0 radical (unpaired) electrons. The minimum absolute atomic E-state index is 0. The molecule has 0 spiro atoms. The number of fused-ring (bicyclic) bond motifs is 1. The molecular weight excluding hydrogens is 529 g/mol. The molecule has 7 nitrogen and oxygen atoms in total. The average Bonchev–Trinajstić information content (AvgIpc) is 3.53. The molecular formula is C25H36IN5O2. The van der Waals surface area contributed by atoms with Gasteiger partial charge in [-0.1, -0.05) is 25.8 Å². The number of halogens is 1. The van der Waals surface area contributed by atoms with Crippen LogP contribution in [-0.4, -0.2) is 60.3 Å². The summed E-state index contributed by atoms with van der Waals surface area (Å²) in [5, 5.41) is 3.76. The zero-order chi connectivity index (χ0) is 22.0. The molecule has 33 heavy (non-hydrogen) atoms. The molecule has 180 valence electrons. The maximum Gasteiger partial charge on any atom is 0.193 e. The number of aromatic nitrogens is 2. The number of likely N-dealkylation sites (tertiary alicyclic amines) is 1. The molecule has 1 saturated carbocycles. The predicted octanol–water partition coefficient (Wildman–Crippen LogP) is 4.24. The van der Waals surface area contributed by atoms with Crippen molar-refractivity contribution < 1.29 is 9.47 Å². The summed E-state index contributed by atoms with van der Waals surface area (Å²) >= 11 is 0. The molecule has 3 heterocycles. The predicted molar refractivity (Wildman–Crippen MR) is 141 cm³/mol. The molecule has 0 amide bonds. The molecule has 1 aromatic carbocycles. The van der Waals surface area contributed by atoms with Gasteiger partial charge in [-0.15, -0.1) is 24.0 Å². The summed E-state index contributed by atoms with van der Waals surface area (Å²) in [6, 6.07) is 6.95. The standard InChI is InChI=1S/C25H35N5O2.HI/c1-19-7-11-29(16-21(19)30-12-10-27-18-30)24(26-2)28-17-25(8-3-4-9-25)20-5-6-22-23(15-20)32-14-13-31-22;/h5-6,10,12,15,18-19,21H,3-4,7-9,11,13-14,16-17H2,1-2H3,(H,26,28);1H. The van der Waals surface area contributed by atoms with E-state index in [0.717, 1.165) is 43.5 Å². The second-order valence-corrected chi connectivity index (χ2v) is 9.54. The first-order valence-corrected chi connectivity index (χ1v) is 12.0. The minimum atomic E-state index is 0. The first kappa shape index (κ1) is 24.2. The minimum Gasteiger partial charge on any atom is -0.486 e. The van der Waals surface area contributed by atoms with Gasteiger partial charge in [0.15, 0.2) is 17.5 Å². The Balaban J connectivity index is 0.00000259. The number of hydrogen-bond acceptors (Lipinski definition) is 4. The number of hydrogen-bond donors (Lipinski definition) is 1. The number of nitrogens with one attached hydrogen (secondary N) is 1. The van der Waals surface area contributed by atoms with Crippen LogP contribution in [0.25, 0.3) is 0 Å². The fraction of sp³-hybridized carbons (Fsp3) is 0.600. The number of nitrogens with zero attached hydrogens (tertiary/aromatic N) is 4. The largest absolute Gasteiger partial charge is 0.486 e. The summed E-state index contributed by atoms with van der Waals surface area (Å²) < 4.78 is 13.9. The molecule has 5 rings (SSSR count). The third-order valence-corrected chi connectivity index (χ3v) is 7.64. The molecule has 1 N–H and O–H groups in total. The fourth-order valence-electron chi connectivity index (χ4n) is 5.67. The number of ether oxygens (including phenoxy) is 2.